The second-order valence-electron chi connectivity index (χ2n) is 9.16. The molecule has 8 nitrogen and oxygen atoms in total. The molecule has 13 heteroatoms. The van der Waals surface area contributed by atoms with Crippen LogP contribution in [0, 0.1) is 11.8 Å². The maximum atomic E-state index is 13.5. The van der Waals surface area contributed by atoms with Crippen molar-refractivity contribution >= 4 is 34.7 Å². The Labute approximate surface area is 238 Å². The molecule has 2 aliphatic heterocycles. The molecule has 2 fully saturated rings. The summed E-state index contributed by atoms with van der Waals surface area (Å²) in [5.74, 6) is 6.61. The number of thioether (sulfide) groups is 1. The molecule has 3 N–H and O–H groups in total. The minimum Gasteiger partial charge on any atom is -0.495 e. The summed E-state index contributed by atoms with van der Waals surface area (Å²) in [5.41, 5.74) is -3.01. The van der Waals surface area contributed by atoms with Crippen LogP contribution in [0.15, 0.2) is 41.3 Å². The Kier molecular flexibility index (Phi) is 7.80. The number of aromatic nitrogens is 2. The molecule has 1 amide bonds. The summed E-state index contributed by atoms with van der Waals surface area (Å²) in [4.78, 5) is 14.2. The maximum absolute atomic E-state index is 13.5. The Hall–Kier alpha value is -2.83. The van der Waals surface area contributed by atoms with Crippen molar-refractivity contribution < 1.29 is 43.9 Å². The number of fused-ring (bicyclic) bond motifs is 2. The predicted octanol–water partition coefficient (Wildman–Crippen LogP) is 0.693. The van der Waals surface area contributed by atoms with Crippen LogP contribution in [0.2, 0.25) is 0 Å². The number of pyridine rings is 1. The van der Waals surface area contributed by atoms with Crippen molar-refractivity contribution in [3.63, 3.8) is 0 Å². The third-order valence-corrected chi connectivity index (χ3v) is 11.6. The summed E-state index contributed by atoms with van der Waals surface area (Å²) >= 11 is -0.240. The number of piperidine rings is 1. The minimum absolute atomic E-state index is 0.0194. The van der Waals surface area contributed by atoms with E-state index in [1.165, 1.54) is 7.11 Å². The molecule has 0 spiro atoms. The van der Waals surface area contributed by atoms with Gasteiger partial charge in [0.1, 0.15) is 0 Å². The number of hydrogen-bond donors (Lipinski definition) is 3. The number of anilines is 2. The van der Waals surface area contributed by atoms with Gasteiger partial charge in [-0.25, -0.2) is 0 Å². The number of rotatable bonds is 7. The Balaban J connectivity index is 1.40. The fourth-order valence-corrected chi connectivity index (χ4v) is 8.88. The van der Waals surface area contributed by atoms with Crippen LogP contribution in [0.4, 0.5) is 24.7 Å². The van der Waals surface area contributed by atoms with Gasteiger partial charge >= 0.3 is 187 Å². The molecule has 0 bridgehead atoms. The number of benzene rings is 1. The van der Waals surface area contributed by atoms with Crippen LogP contribution in [0.5, 0.6) is 5.75 Å². The number of alkyl halides is 5. The number of nitrogens with one attached hydrogen (secondary N) is 3. The summed E-state index contributed by atoms with van der Waals surface area (Å²) in [5, 5.41) is 13.8. The predicted molar refractivity (Wildman–Crippen MR) is 141 cm³/mol. The quantitative estimate of drug-likeness (QED) is 0.112. The van der Waals surface area contributed by atoms with E-state index in [0.29, 0.717) is 32.3 Å². The molecule has 1 aromatic carbocycles. The average molecular weight is 672 g/mol. The second kappa shape index (κ2) is 11.0. The van der Waals surface area contributed by atoms with E-state index in [4.69, 9.17) is 4.74 Å². The van der Waals surface area contributed by atoms with Gasteiger partial charge in [-0.05, 0) is 12.1 Å². The third kappa shape index (κ3) is 6.02. The van der Waals surface area contributed by atoms with E-state index in [1.54, 1.807) is 41.9 Å². The van der Waals surface area contributed by atoms with Gasteiger partial charge < -0.3 is 10.1 Å². The van der Waals surface area contributed by atoms with Crippen molar-refractivity contribution in [3.05, 3.63) is 47.7 Å². The number of amides is 1. The number of hydrogen-bond acceptors (Lipinski definition) is 7. The molecular weight excluding hydrogens is 644 g/mol. The molecule has 0 radical (unpaired) electrons. The number of halogens is 4. The fourth-order valence-electron chi connectivity index (χ4n) is 4.52. The monoisotopic (exact) mass is 671 g/mol. The molecule has 3 aromatic rings. The molecule has 5 rings (SSSR count). The first-order valence-corrected chi connectivity index (χ1v) is 15.3. The molecule has 2 atom stereocenters. The smallest absolute Gasteiger partial charge is 0.495 e. The summed E-state index contributed by atoms with van der Waals surface area (Å²) in [6, 6.07) is 10.2. The number of ether oxygens (including phenoxy) is 1. The molecule has 4 heterocycles. The Morgan fingerprint density at radius 2 is 2.15 bits per heavy atom. The van der Waals surface area contributed by atoms with Gasteiger partial charge in [-0.3, -0.25) is 4.79 Å². The van der Waals surface area contributed by atoms with Crippen molar-refractivity contribution in [2.45, 2.75) is 24.3 Å². The standard InChI is InChI=1S/C26H27F3IN6O2S/c1-31-24(37)16-9-10-17(20(14-16)38-3)32-12-5-6-18-23(39-26(27,28)29)19-7-4-8-22(36(19)34-18)33-25-11-13-35(2)15-21(25)30-25/h4,7-10,14,21,32-33H,11-13,15H2,1-3H3,(H,31,37)/q-1/t21-,25-/m1/s1. The van der Waals surface area contributed by atoms with Gasteiger partial charge in [-0.2, -0.15) is 0 Å². The van der Waals surface area contributed by atoms with Gasteiger partial charge in [0.15, 0.2) is 0 Å². The van der Waals surface area contributed by atoms with E-state index in [-0.39, 0.29) is 59.6 Å². The first-order chi connectivity index (χ1) is 18.6. The third-order valence-electron chi connectivity index (χ3n) is 6.53. The van der Waals surface area contributed by atoms with Crippen LogP contribution < -0.4 is 41.9 Å². The molecular formula is C26H27F3IN6O2S-. The van der Waals surface area contributed by atoms with E-state index in [9.17, 15) is 18.0 Å². The molecule has 39 heavy (non-hydrogen) atoms. The number of likely N-dealkylation sites (tertiary alicyclic amines) is 1. The number of carbonyl (C=O) groups is 1. The molecule has 2 saturated heterocycles. The van der Waals surface area contributed by atoms with Gasteiger partial charge in [0.05, 0.1) is 7.11 Å². The fraction of sp³-hybridized carbons (Fsp3) is 0.385. The van der Waals surface area contributed by atoms with Gasteiger partial charge in [-0.1, -0.05) is 0 Å². The summed E-state index contributed by atoms with van der Waals surface area (Å²) in [6.45, 7) is 2.18. The summed E-state index contributed by atoms with van der Waals surface area (Å²) in [7, 11) is 5.15. The first-order valence-electron chi connectivity index (χ1n) is 12.1. The second-order valence-corrected chi connectivity index (χ2v) is 14.3. The van der Waals surface area contributed by atoms with Crippen molar-refractivity contribution in [2.24, 2.45) is 0 Å². The van der Waals surface area contributed by atoms with Crippen molar-refractivity contribution in [1.82, 2.24) is 19.8 Å². The Bertz CT molecular complexity index is 1470. The zero-order valence-electron chi connectivity index (χ0n) is 21.4. The van der Waals surface area contributed by atoms with E-state index in [0.717, 1.165) is 19.5 Å². The van der Waals surface area contributed by atoms with Crippen LogP contribution in [-0.2, 0) is 0 Å². The normalized spacial score (nSPS) is 20.7. The Morgan fingerprint density at radius 3 is 2.87 bits per heavy atom. The summed E-state index contributed by atoms with van der Waals surface area (Å²) in [6.07, 6.45) is 1.02. The van der Waals surface area contributed by atoms with Crippen molar-refractivity contribution in [3.8, 4) is 17.6 Å². The van der Waals surface area contributed by atoms with Crippen LogP contribution in [0.25, 0.3) is 5.52 Å². The SMILES string of the molecule is CNC(=O)c1ccc(NCC#Cc2nn3c(N[C@]45CCN(C)C[C@H]4[I-]5)cccc3c2SC(F)(F)F)c(OC)c1. The van der Waals surface area contributed by atoms with Gasteiger partial charge in [0, 0.05) is 12.6 Å². The van der Waals surface area contributed by atoms with E-state index in [1.807, 2.05) is 6.07 Å². The van der Waals surface area contributed by atoms with Crippen LogP contribution in [0.3, 0.4) is 0 Å². The van der Waals surface area contributed by atoms with Crippen molar-refractivity contribution in [2.75, 3.05) is 51.5 Å². The zero-order valence-corrected chi connectivity index (χ0v) is 24.4. The molecule has 0 saturated carbocycles. The van der Waals surface area contributed by atoms with Gasteiger partial charge in [0.25, 0.3) is 5.91 Å². The number of carbonyl (C=O) groups excluding carboxylic acids is 1. The average Bonchev–Trinajstić information content (AvgIpc) is 3.50. The molecule has 0 aliphatic carbocycles. The van der Waals surface area contributed by atoms with Crippen LogP contribution >= 0.6 is 11.8 Å². The molecule has 208 valence electrons. The van der Waals surface area contributed by atoms with Crippen molar-refractivity contribution in [1.29, 1.82) is 0 Å². The minimum atomic E-state index is -4.48. The molecule has 2 aromatic heterocycles. The Morgan fingerprint density at radius 1 is 1.33 bits per heavy atom. The summed E-state index contributed by atoms with van der Waals surface area (Å²) < 4.78 is 48.2. The van der Waals surface area contributed by atoms with Crippen LogP contribution in [-0.4, -0.2) is 74.2 Å². The van der Waals surface area contributed by atoms with Gasteiger partial charge in [-0.15, -0.1) is 0 Å². The van der Waals surface area contributed by atoms with E-state index in [2.05, 4.69) is 44.8 Å². The van der Waals surface area contributed by atoms with Gasteiger partial charge in [0.2, 0.25) is 0 Å². The van der Waals surface area contributed by atoms with Crippen LogP contribution in [0.1, 0.15) is 22.5 Å². The van der Waals surface area contributed by atoms with E-state index >= 15 is 0 Å². The zero-order chi connectivity index (χ0) is 27.8. The topological polar surface area (TPSA) is 82.9 Å². The number of nitrogens with zero attached hydrogens (tertiary/aromatic N) is 3. The number of methoxy groups -OCH3 is 1. The molecule has 2 aliphatic rings. The first kappa shape index (κ1) is 27.7. The van der Waals surface area contributed by atoms with E-state index < -0.39 is 5.51 Å². The molecule has 0 unspecified atom stereocenters.